The summed E-state index contributed by atoms with van der Waals surface area (Å²) in [6.07, 6.45) is 8.45. The van der Waals surface area contributed by atoms with Crippen LogP contribution in [-0.4, -0.2) is 0 Å². The molecular formula is C28H24N2. The molecule has 0 spiro atoms. The Hall–Kier alpha value is -4.04. The fourth-order valence-electron chi connectivity index (χ4n) is 3.42. The Morgan fingerprint density at radius 2 is 1.00 bits per heavy atom. The van der Waals surface area contributed by atoms with Crippen LogP contribution in [0.2, 0.25) is 0 Å². The normalized spacial score (nSPS) is 11.3. The zero-order valence-corrected chi connectivity index (χ0v) is 16.7. The lowest BCUT2D eigenvalue weighted by Gasteiger charge is -2.13. The summed E-state index contributed by atoms with van der Waals surface area (Å²) < 4.78 is 0. The van der Waals surface area contributed by atoms with Crippen molar-refractivity contribution >= 4 is 35.7 Å². The summed E-state index contributed by atoms with van der Waals surface area (Å²) in [5.41, 5.74) is 20.4. The van der Waals surface area contributed by atoms with Gasteiger partial charge in [-0.1, -0.05) is 103 Å². The molecule has 0 atom stereocenters. The molecule has 2 nitrogen and oxygen atoms in total. The molecule has 0 aliphatic carbocycles. The first-order chi connectivity index (χ1) is 14.7. The first-order valence-electron chi connectivity index (χ1n) is 9.95. The Kier molecular flexibility index (Phi) is 5.77. The largest absolute Gasteiger partial charge is 0.399 e. The summed E-state index contributed by atoms with van der Waals surface area (Å²) in [6, 6.07) is 32.5. The van der Waals surface area contributed by atoms with Crippen molar-refractivity contribution < 1.29 is 0 Å². The van der Waals surface area contributed by atoms with Gasteiger partial charge in [-0.05, 0) is 46.0 Å². The van der Waals surface area contributed by atoms with E-state index in [0.29, 0.717) is 0 Å². The molecule has 0 unspecified atom stereocenters. The van der Waals surface area contributed by atoms with Crippen molar-refractivity contribution in [2.24, 2.45) is 0 Å². The molecule has 0 bridgehead atoms. The van der Waals surface area contributed by atoms with E-state index in [-0.39, 0.29) is 0 Å². The third kappa shape index (κ3) is 4.50. The van der Waals surface area contributed by atoms with Crippen molar-refractivity contribution in [1.29, 1.82) is 0 Å². The van der Waals surface area contributed by atoms with Gasteiger partial charge >= 0.3 is 0 Å². The second kappa shape index (κ2) is 8.97. The van der Waals surface area contributed by atoms with Crippen LogP contribution >= 0.6 is 0 Å². The molecule has 4 aromatic carbocycles. The van der Waals surface area contributed by atoms with Crippen LogP contribution in [0, 0.1) is 0 Å². The third-order valence-corrected chi connectivity index (χ3v) is 5.03. The van der Waals surface area contributed by atoms with Gasteiger partial charge < -0.3 is 11.5 Å². The molecule has 2 heteroatoms. The van der Waals surface area contributed by atoms with E-state index in [4.69, 9.17) is 11.5 Å². The molecule has 30 heavy (non-hydrogen) atoms. The summed E-state index contributed by atoms with van der Waals surface area (Å²) in [7, 11) is 0. The van der Waals surface area contributed by atoms with Crippen LogP contribution in [0.4, 0.5) is 11.4 Å². The number of anilines is 2. The molecule has 4 rings (SSSR count). The zero-order chi connectivity index (χ0) is 20.8. The average Bonchev–Trinajstić information content (AvgIpc) is 2.79. The molecule has 0 saturated heterocycles. The van der Waals surface area contributed by atoms with Crippen molar-refractivity contribution in [3.8, 4) is 11.1 Å². The quantitative estimate of drug-likeness (QED) is 0.290. The molecule has 0 aromatic heterocycles. The van der Waals surface area contributed by atoms with Crippen molar-refractivity contribution in [3.05, 3.63) is 119 Å². The summed E-state index contributed by atoms with van der Waals surface area (Å²) in [6.45, 7) is 0. The summed E-state index contributed by atoms with van der Waals surface area (Å²) >= 11 is 0. The highest BCUT2D eigenvalue weighted by atomic mass is 14.6. The Morgan fingerprint density at radius 3 is 1.57 bits per heavy atom. The van der Waals surface area contributed by atoms with Crippen LogP contribution < -0.4 is 11.5 Å². The molecule has 0 aliphatic heterocycles. The fraction of sp³-hybridized carbons (Fsp3) is 0. The minimum Gasteiger partial charge on any atom is -0.399 e. The third-order valence-electron chi connectivity index (χ3n) is 5.03. The first-order valence-corrected chi connectivity index (χ1v) is 9.95. The smallest absolute Gasteiger partial charge is 0.0394 e. The van der Waals surface area contributed by atoms with Gasteiger partial charge in [0.15, 0.2) is 0 Å². The lowest BCUT2D eigenvalue weighted by molar-refractivity contribution is 1.56. The van der Waals surface area contributed by atoms with Crippen LogP contribution in [0.1, 0.15) is 22.3 Å². The predicted molar refractivity (Wildman–Crippen MR) is 131 cm³/mol. The van der Waals surface area contributed by atoms with Gasteiger partial charge in [0.05, 0.1) is 0 Å². The van der Waals surface area contributed by atoms with E-state index in [9.17, 15) is 0 Å². The Bertz CT molecular complexity index is 1170. The van der Waals surface area contributed by atoms with Gasteiger partial charge in [0.25, 0.3) is 0 Å². The van der Waals surface area contributed by atoms with E-state index in [1.165, 1.54) is 0 Å². The maximum Gasteiger partial charge on any atom is 0.0394 e. The zero-order valence-electron chi connectivity index (χ0n) is 16.7. The van der Waals surface area contributed by atoms with Gasteiger partial charge in [-0.2, -0.15) is 0 Å². The Balaban J connectivity index is 1.85. The second-order valence-corrected chi connectivity index (χ2v) is 7.14. The lowest BCUT2D eigenvalue weighted by atomic mass is 9.92. The van der Waals surface area contributed by atoms with Crippen molar-refractivity contribution in [3.63, 3.8) is 0 Å². The van der Waals surface area contributed by atoms with Crippen LogP contribution in [0.25, 0.3) is 35.4 Å². The molecule has 0 amide bonds. The maximum atomic E-state index is 6.42. The Labute approximate surface area is 177 Å². The van der Waals surface area contributed by atoms with Crippen LogP contribution in [0.15, 0.2) is 97.1 Å². The van der Waals surface area contributed by atoms with E-state index in [0.717, 1.165) is 44.8 Å². The van der Waals surface area contributed by atoms with Crippen molar-refractivity contribution in [2.45, 2.75) is 0 Å². The lowest BCUT2D eigenvalue weighted by Crippen LogP contribution is -1.96. The van der Waals surface area contributed by atoms with Crippen LogP contribution in [-0.2, 0) is 0 Å². The fourth-order valence-corrected chi connectivity index (χ4v) is 3.42. The molecule has 0 saturated carbocycles. The minimum atomic E-state index is 0.745. The van der Waals surface area contributed by atoms with E-state index in [1.54, 1.807) is 0 Å². The summed E-state index contributed by atoms with van der Waals surface area (Å²) in [5.74, 6) is 0. The van der Waals surface area contributed by atoms with E-state index >= 15 is 0 Å². The molecule has 4 aromatic rings. The molecular weight excluding hydrogens is 364 g/mol. The van der Waals surface area contributed by atoms with Gasteiger partial charge in [-0.15, -0.1) is 0 Å². The van der Waals surface area contributed by atoms with Gasteiger partial charge in [-0.25, -0.2) is 0 Å². The summed E-state index contributed by atoms with van der Waals surface area (Å²) in [5, 5.41) is 0. The number of nitrogens with two attached hydrogens (primary N) is 2. The average molecular weight is 389 g/mol. The topological polar surface area (TPSA) is 52.0 Å². The first kappa shape index (κ1) is 19.3. The molecule has 0 heterocycles. The number of rotatable bonds is 5. The van der Waals surface area contributed by atoms with Crippen LogP contribution in [0.5, 0.6) is 0 Å². The Morgan fingerprint density at radius 1 is 0.467 bits per heavy atom. The minimum absolute atomic E-state index is 0.745. The summed E-state index contributed by atoms with van der Waals surface area (Å²) in [4.78, 5) is 0. The van der Waals surface area contributed by atoms with Crippen molar-refractivity contribution in [2.75, 3.05) is 11.5 Å². The predicted octanol–water partition coefficient (Wildman–Crippen LogP) is 6.86. The van der Waals surface area contributed by atoms with Gasteiger partial charge in [0.1, 0.15) is 0 Å². The monoisotopic (exact) mass is 388 g/mol. The van der Waals surface area contributed by atoms with Gasteiger partial charge in [0, 0.05) is 16.9 Å². The molecule has 4 N–H and O–H groups in total. The standard InChI is InChI=1S/C28H24N2/c29-24-15-13-23(14-16-24)25-19-20-28(30)27(18-12-22-9-5-2-6-10-22)26(25)17-11-21-7-3-1-4-8-21/h1-20H,29-30H2. The molecule has 0 aliphatic rings. The second-order valence-electron chi connectivity index (χ2n) is 7.14. The van der Waals surface area contributed by atoms with E-state index < -0.39 is 0 Å². The maximum absolute atomic E-state index is 6.42. The number of hydrogen-bond donors (Lipinski definition) is 2. The van der Waals surface area contributed by atoms with Crippen LogP contribution in [0.3, 0.4) is 0 Å². The number of benzene rings is 4. The van der Waals surface area contributed by atoms with Crippen molar-refractivity contribution in [1.82, 2.24) is 0 Å². The molecule has 0 radical (unpaired) electrons. The SMILES string of the molecule is Nc1ccc(-c2ccc(N)c(C=Cc3ccccc3)c2C=Cc2ccccc2)cc1. The van der Waals surface area contributed by atoms with E-state index in [1.807, 2.05) is 66.7 Å². The highest BCUT2D eigenvalue weighted by molar-refractivity contribution is 5.91. The highest BCUT2D eigenvalue weighted by Crippen LogP contribution is 2.33. The molecule has 146 valence electrons. The van der Waals surface area contributed by atoms with Gasteiger partial charge in [-0.3, -0.25) is 0 Å². The number of nitrogen functional groups attached to an aromatic ring is 2. The highest BCUT2D eigenvalue weighted by Gasteiger charge is 2.10. The number of hydrogen-bond acceptors (Lipinski definition) is 2. The van der Waals surface area contributed by atoms with Gasteiger partial charge in [0.2, 0.25) is 0 Å². The molecule has 0 fully saturated rings. The van der Waals surface area contributed by atoms with E-state index in [2.05, 4.69) is 54.6 Å².